The fraction of sp³-hybridized carbons (Fsp3) is 0. The number of halogens is 1. The van der Waals surface area contributed by atoms with Crippen LogP contribution in [-0.2, 0) is 0 Å². The first-order valence-corrected chi connectivity index (χ1v) is 3.29. The standard InChI is InChI=1S/C7H6N2O4.ClH/c8-6-2-1-4(9(12)13)3-5(6)7(10)11;/h1-3H,8H2,(H,10,11);1H. The van der Waals surface area contributed by atoms with Crippen molar-refractivity contribution in [3.8, 4) is 0 Å². The van der Waals surface area contributed by atoms with Gasteiger partial charge in [-0.1, -0.05) is 0 Å². The minimum absolute atomic E-state index is 0. The number of nitro groups is 1. The van der Waals surface area contributed by atoms with Crippen LogP contribution in [0.1, 0.15) is 10.4 Å². The molecule has 0 saturated heterocycles. The van der Waals surface area contributed by atoms with Crippen LogP contribution in [0.15, 0.2) is 18.2 Å². The molecule has 6 nitrogen and oxygen atoms in total. The van der Waals surface area contributed by atoms with Crippen molar-refractivity contribution in [3.05, 3.63) is 33.9 Å². The molecule has 0 aromatic heterocycles. The van der Waals surface area contributed by atoms with Gasteiger partial charge in [0.2, 0.25) is 0 Å². The van der Waals surface area contributed by atoms with Crippen molar-refractivity contribution in [1.82, 2.24) is 0 Å². The number of rotatable bonds is 2. The number of nitrogen functional groups attached to an aromatic ring is 1. The molecule has 0 aliphatic rings. The van der Waals surface area contributed by atoms with Crippen LogP contribution in [0, 0.1) is 10.1 Å². The average molecular weight is 219 g/mol. The summed E-state index contributed by atoms with van der Waals surface area (Å²) in [6.45, 7) is 0. The second kappa shape index (κ2) is 4.43. The van der Waals surface area contributed by atoms with Crippen LogP contribution >= 0.6 is 12.4 Å². The minimum Gasteiger partial charge on any atom is -0.478 e. The van der Waals surface area contributed by atoms with Crippen LogP contribution in [0.5, 0.6) is 0 Å². The number of hydrogen-bond acceptors (Lipinski definition) is 4. The molecular weight excluding hydrogens is 212 g/mol. The van der Waals surface area contributed by atoms with E-state index in [9.17, 15) is 14.9 Å². The lowest BCUT2D eigenvalue weighted by molar-refractivity contribution is -0.384. The van der Waals surface area contributed by atoms with Crippen LogP contribution in [0.2, 0.25) is 0 Å². The lowest BCUT2D eigenvalue weighted by Crippen LogP contribution is -2.03. The minimum atomic E-state index is -1.28. The third-order valence-corrected chi connectivity index (χ3v) is 1.48. The quantitative estimate of drug-likeness (QED) is 0.442. The van der Waals surface area contributed by atoms with Gasteiger partial charge < -0.3 is 10.8 Å². The summed E-state index contributed by atoms with van der Waals surface area (Å²) in [6, 6.07) is 3.28. The molecule has 76 valence electrons. The molecule has 0 saturated carbocycles. The average Bonchev–Trinajstić information content (AvgIpc) is 2.04. The molecule has 0 heterocycles. The molecule has 0 atom stereocenters. The number of nitrogens with two attached hydrogens (primary N) is 1. The van der Waals surface area contributed by atoms with E-state index in [1.807, 2.05) is 0 Å². The highest BCUT2D eigenvalue weighted by Gasteiger charge is 2.13. The van der Waals surface area contributed by atoms with Crippen molar-refractivity contribution in [2.75, 3.05) is 5.73 Å². The Bertz CT molecular complexity index is 380. The van der Waals surface area contributed by atoms with Gasteiger partial charge in [-0.05, 0) is 6.07 Å². The van der Waals surface area contributed by atoms with Crippen molar-refractivity contribution in [3.63, 3.8) is 0 Å². The maximum Gasteiger partial charge on any atom is 0.338 e. The maximum absolute atomic E-state index is 10.5. The smallest absolute Gasteiger partial charge is 0.338 e. The Balaban J connectivity index is 0.00000169. The van der Waals surface area contributed by atoms with Gasteiger partial charge in [-0.3, -0.25) is 10.1 Å². The van der Waals surface area contributed by atoms with E-state index in [0.717, 1.165) is 12.1 Å². The molecule has 0 bridgehead atoms. The predicted octanol–water partition coefficient (Wildman–Crippen LogP) is 1.30. The van der Waals surface area contributed by atoms with Gasteiger partial charge in [-0.2, -0.15) is 0 Å². The zero-order valence-electron chi connectivity index (χ0n) is 6.84. The third kappa shape index (κ3) is 2.33. The lowest BCUT2D eigenvalue weighted by atomic mass is 10.1. The molecule has 1 rings (SSSR count). The summed E-state index contributed by atoms with van der Waals surface area (Å²) in [5.74, 6) is -1.28. The highest BCUT2D eigenvalue weighted by molar-refractivity contribution is 5.94. The Morgan fingerprint density at radius 1 is 1.50 bits per heavy atom. The fourth-order valence-electron chi connectivity index (χ4n) is 0.843. The normalized spacial score (nSPS) is 8.86. The van der Waals surface area contributed by atoms with Gasteiger partial charge in [0.1, 0.15) is 0 Å². The SMILES string of the molecule is Cl.Nc1ccc([N+](=O)[O-])cc1C(=O)O. The summed E-state index contributed by atoms with van der Waals surface area (Å²) >= 11 is 0. The van der Waals surface area contributed by atoms with Crippen LogP contribution in [0.4, 0.5) is 11.4 Å². The first-order valence-electron chi connectivity index (χ1n) is 3.29. The number of carbonyl (C=O) groups is 1. The van der Waals surface area contributed by atoms with E-state index in [2.05, 4.69) is 0 Å². The Labute approximate surface area is 84.9 Å². The Hall–Kier alpha value is -1.82. The molecule has 0 radical (unpaired) electrons. The molecule has 1 aromatic carbocycles. The molecule has 0 aliphatic heterocycles. The van der Waals surface area contributed by atoms with Crippen LogP contribution in [-0.4, -0.2) is 16.0 Å². The monoisotopic (exact) mass is 218 g/mol. The van der Waals surface area contributed by atoms with Gasteiger partial charge in [0.05, 0.1) is 10.5 Å². The first-order chi connectivity index (χ1) is 6.02. The van der Waals surface area contributed by atoms with E-state index in [1.54, 1.807) is 0 Å². The Kier molecular flexibility index (Phi) is 3.85. The van der Waals surface area contributed by atoms with Crippen LogP contribution in [0.25, 0.3) is 0 Å². The van der Waals surface area contributed by atoms with Gasteiger partial charge in [0, 0.05) is 17.8 Å². The largest absolute Gasteiger partial charge is 0.478 e. The molecule has 14 heavy (non-hydrogen) atoms. The second-order valence-electron chi connectivity index (χ2n) is 2.33. The molecule has 7 heteroatoms. The highest BCUT2D eigenvalue weighted by Crippen LogP contribution is 2.19. The summed E-state index contributed by atoms with van der Waals surface area (Å²) in [6.07, 6.45) is 0. The molecular formula is C7H7ClN2O4. The number of carboxylic acids is 1. The summed E-state index contributed by atoms with van der Waals surface area (Å²) in [5.41, 5.74) is 4.76. The van der Waals surface area contributed by atoms with E-state index in [1.165, 1.54) is 6.07 Å². The van der Waals surface area contributed by atoms with Crippen molar-refractivity contribution in [2.45, 2.75) is 0 Å². The zero-order chi connectivity index (χ0) is 10.0. The molecule has 0 spiro atoms. The zero-order valence-corrected chi connectivity index (χ0v) is 7.65. The summed E-state index contributed by atoms with van der Waals surface area (Å²) in [7, 11) is 0. The first kappa shape index (κ1) is 12.2. The van der Waals surface area contributed by atoms with Crippen molar-refractivity contribution < 1.29 is 14.8 Å². The van der Waals surface area contributed by atoms with E-state index >= 15 is 0 Å². The molecule has 1 aromatic rings. The third-order valence-electron chi connectivity index (χ3n) is 1.48. The van der Waals surface area contributed by atoms with E-state index in [0.29, 0.717) is 0 Å². The number of hydrogen-bond donors (Lipinski definition) is 2. The van der Waals surface area contributed by atoms with Crippen molar-refractivity contribution in [2.24, 2.45) is 0 Å². The van der Waals surface area contributed by atoms with E-state index in [-0.39, 0.29) is 29.3 Å². The van der Waals surface area contributed by atoms with Gasteiger partial charge in [-0.25, -0.2) is 4.79 Å². The number of anilines is 1. The fourth-order valence-corrected chi connectivity index (χ4v) is 0.843. The van der Waals surface area contributed by atoms with Crippen LogP contribution < -0.4 is 5.73 Å². The van der Waals surface area contributed by atoms with Gasteiger partial charge in [-0.15, -0.1) is 12.4 Å². The Morgan fingerprint density at radius 2 is 2.07 bits per heavy atom. The number of non-ortho nitro benzene ring substituents is 1. The molecule has 3 N–H and O–H groups in total. The van der Waals surface area contributed by atoms with Crippen molar-refractivity contribution in [1.29, 1.82) is 0 Å². The van der Waals surface area contributed by atoms with Crippen molar-refractivity contribution >= 4 is 29.8 Å². The number of carboxylic acid groups (broad SMARTS) is 1. The number of aromatic carboxylic acids is 1. The number of nitrogens with zero attached hydrogens (tertiary/aromatic N) is 1. The highest BCUT2D eigenvalue weighted by atomic mass is 35.5. The van der Waals surface area contributed by atoms with Gasteiger partial charge >= 0.3 is 5.97 Å². The van der Waals surface area contributed by atoms with Gasteiger partial charge in [0.15, 0.2) is 0 Å². The number of nitro benzene ring substituents is 1. The van der Waals surface area contributed by atoms with E-state index in [4.69, 9.17) is 10.8 Å². The molecule has 0 unspecified atom stereocenters. The second-order valence-corrected chi connectivity index (χ2v) is 2.33. The molecule has 0 amide bonds. The van der Waals surface area contributed by atoms with E-state index < -0.39 is 10.9 Å². The van der Waals surface area contributed by atoms with Gasteiger partial charge in [0.25, 0.3) is 5.69 Å². The summed E-state index contributed by atoms with van der Waals surface area (Å²) in [4.78, 5) is 20.1. The molecule has 0 aliphatic carbocycles. The predicted molar refractivity (Wildman–Crippen MR) is 51.7 cm³/mol. The maximum atomic E-state index is 10.5. The van der Waals surface area contributed by atoms with Crippen LogP contribution in [0.3, 0.4) is 0 Å². The Morgan fingerprint density at radius 3 is 2.50 bits per heavy atom. The number of benzene rings is 1. The molecule has 0 fully saturated rings. The summed E-state index contributed by atoms with van der Waals surface area (Å²) < 4.78 is 0. The lowest BCUT2D eigenvalue weighted by Gasteiger charge is -1.98. The summed E-state index contributed by atoms with van der Waals surface area (Å²) in [5, 5.41) is 18.8. The topological polar surface area (TPSA) is 106 Å².